The van der Waals surface area contributed by atoms with E-state index < -0.39 is 0 Å². The van der Waals surface area contributed by atoms with Crippen molar-refractivity contribution in [2.24, 2.45) is 5.73 Å². The maximum absolute atomic E-state index is 13.2. The summed E-state index contributed by atoms with van der Waals surface area (Å²) in [6, 6.07) is 4.70. The minimum absolute atomic E-state index is 0.0143. The van der Waals surface area contributed by atoms with Crippen LogP contribution in [0.15, 0.2) is 18.2 Å². The summed E-state index contributed by atoms with van der Waals surface area (Å²) in [6.07, 6.45) is 2.07. The smallest absolute Gasteiger partial charge is 0.124 e. The van der Waals surface area contributed by atoms with E-state index in [0.29, 0.717) is 5.02 Å². The molecule has 2 atom stereocenters. The van der Waals surface area contributed by atoms with Gasteiger partial charge in [-0.3, -0.25) is 4.90 Å². The molecular weight excluding hydrogens is 263 g/mol. The summed E-state index contributed by atoms with van der Waals surface area (Å²) in [7, 11) is 0. The first kappa shape index (κ1) is 14.8. The molecule has 0 saturated carbocycles. The van der Waals surface area contributed by atoms with Crippen LogP contribution in [0.1, 0.15) is 45.2 Å². The highest BCUT2D eigenvalue weighted by molar-refractivity contribution is 6.31. The van der Waals surface area contributed by atoms with Crippen LogP contribution < -0.4 is 5.73 Å². The van der Waals surface area contributed by atoms with Crippen molar-refractivity contribution in [3.05, 3.63) is 34.6 Å². The first-order valence-corrected chi connectivity index (χ1v) is 7.16. The third-order valence-corrected chi connectivity index (χ3v) is 4.15. The van der Waals surface area contributed by atoms with E-state index in [1.807, 2.05) is 0 Å². The van der Waals surface area contributed by atoms with Crippen molar-refractivity contribution in [3.63, 3.8) is 0 Å². The Morgan fingerprint density at radius 3 is 2.63 bits per heavy atom. The Hall–Kier alpha value is -0.640. The zero-order valence-electron chi connectivity index (χ0n) is 11.8. The largest absolute Gasteiger partial charge is 0.326 e. The SMILES string of the molecule is CC(C)(C)N1CCCC(N)C1c1ccc(F)cc1Cl. The summed E-state index contributed by atoms with van der Waals surface area (Å²) in [6.45, 7) is 7.52. The Kier molecular flexibility index (Phi) is 4.19. The van der Waals surface area contributed by atoms with Crippen molar-refractivity contribution in [2.45, 2.75) is 51.2 Å². The molecule has 1 aliphatic rings. The highest BCUT2D eigenvalue weighted by Crippen LogP contribution is 2.38. The van der Waals surface area contributed by atoms with E-state index in [-0.39, 0.29) is 23.4 Å². The number of nitrogens with zero attached hydrogens (tertiary/aromatic N) is 1. The summed E-state index contributed by atoms with van der Waals surface area (Å²) < 4.78 is 13.2. The number of hydrogen-bond donors (Lipinski definition) is 1. The van der Waals surface area contributed by atoms with Gasteiger partial charge < -0.3 is 5.73 Å². The fraction of sp³-hybridized carbons (Fsp3) is 0.600. The van der Waals surface area contributed by atoms with Gasteiger partial charge in [0.25, 0.3) is 0 Å². The molecule has 1 saturated heterocycles. The molecule has 0 aromatic heterocycles. The number of nitrogens with two attached hydrogens (primary N) is 1. The minimum Gasteiger partial charge on any atom is -0.326 e. The molecule has 0 aliphatic carbocycles. The van der Waals surface area contributed by atoms with Gasteiger partial charge in [-0.1, -0.05) is 17.7 Å². The standard InChI is InChI=1S/C15H22ClFN2/c1-15(2,3)19-8-4-5-13(18)14(19)11-7-6-10(17)9-12(11)16/h6-7,9,13-14H,4-5,8,18H2,1-3H3. The Balaban J connectivity index is 2.42. The van der Waals surface area contributed by atoms with Gasteiger partial charge in [-0.05, 0) is 57.9 Å². The zero-order valence-corrected chi connectivity index (χ0v) is 12.5. The maximum Gasteiger partial charge on any atom is 0.124 e. The molecule has 4 heteroatoms. The lowest BCUT2D eigenvalue weighted by Crippen LogP contribution is -2.53. The van der Waals surface area contributed by atoms with Crippen molar-refractivity contribution < 1.29 is 4.39 Å². The van der Waals surface area contributed by atoms with Gasteiger partial charge in [-0.2, -0.15) is 0 Å². The molecule has 106 valence electrons. The Morgan fingerprint density at radius 1 is 1.37 bits per heavy atom. The minimum atomic E-state index is -0.305. The van der Waals surface area contributed by atoms with Crippen molar-refractivity contribution in [2.75, 3.05) is 6.54 Å². The highest BCUT2D eigenvalue weighted by Gasteiger charge is 2.37. The normalized spacial score (nSPS) is 25.6. The predicted octanol–water partition coefficient (Wildman–Crippen LogP) is 3.74. The first-order chi connectivity index (χ1) is 8.80. The average molecular weight is 285 g/mol. The fourth-order valence-electron chi connectivity index (χ4n) is 2.92. The summed E-state index contributed by atoms with van der Waals surface area (Å²) >= 11 is 6.22. The van der Waals surface area contributed by atoms with Gasteiger partial charge in [0.15, 0.2) is 0 Å². The maximum atomic E-state index is 13.2. The van der Waals surface area contributed by atoms with Gasteiger partial charge in [-0.25, -0.2) is 4.39 Å². The van der Waals surface area contributed by atoms with E-state index in [1.165, 1.54) is 12.1 Å². The lowest BCUT2D eigenvalue weighted by atomic mass is 9.87. The molecule has 19 heavy (non-hydrogen) atoms. The van der Waals surface area contributed by atoms with E-state index in [9.17, 15) is 4.39 Å². The van der Waals surface area contributed by atoms with Crippen LogP contribution in [0.3, 0.4) is 0 Å². The van der Waals surface area contributed by atoms with E-state index in [0.717, 1.165) is 24.9 Å². The van der Waals surface area contributed by atoms with Crippen LogP contribution >= 0.6 is 11.6 Å². The zero-order chi connectivity index (χ0) is 14.2. The van der Waals surface area contributed by atoms with E-state index in [2.05, 4.69) is 25.7 Å². The monoisotopic (exact) mass is 284 g/mol. The predicted molar refractivity (Wildman–Crippen MR) is 77.8 cm³/mol. The molecular formula is C15H22ClFN2. The van der Waals surface area contributed by atoms with Gasteiger partial charge in [-0.15, -0.1) is 0 Å². The first-order valence-electron chi connectivity index (χ1n) is 6.78. The van der Waals surface area contributed by atoms with Crippen LogP contribution in [-0.2, 0) is 0 Å². The molecule has 1 aromatic carbocycles. The van der Waals surface area contributed by atoms with Gasteiger partial charge in [0, 0.05) is 16.6 Å². The number of likely N-dealkylation sites (tertiary alicyclic amines) is 1. The summed E-state index contributed by atoms with van der Waals surface area (Å²) in [4.78, 5) is 2.38. The quantitative estimate of drug-likeness (QED) is 0.851. The molecule has 2 rings (SSSR count). The van der Waals surface area contributed by atoms with Crippen LogP contribution in [0.2, 0.25) is 5.02 Å². The summed E-state index contributed by atoms with van der Waals surface area (Å²) in [5.41, 5.74) is 7.26. The molecule has 1 heterocycles. The molecule has 1 fully saturated rings. The fourth-order valence-corrected chi connectivity index (χ4v) is 3.20. The van der Waals surface area contributed by atoms with Gasteiger partial charge >= 0.3 is 0 Å². The summed E-state index contributed by atoms with van der Waals surface area (Å²) in [5.74, 6) is -0.305. The molecule has 0 radical (unpaired) electrons. The van der Waals surface area contributed by atoms with Crippen LogP contribution in [-0.4, -0.2) is 23.0 Å². The molecule has 2 unspecified atom stereocenters. The van der Waals surface area contributed by atoms with Gasteiger partial charge in [0.1, 0.15) is 5.82 Å². The highest BCUT2D eigenvalue weighted by atomic mass is 35.5. The molecule has 0 spiro atoms. The third-order valence-electron chi connectivity index (χ3n) is 3.82. The third kappa shape index (κ3) is 3.10. The van der Waals surface area contributed by atoms with Crippen molar-refractivity contribution >= 4 is 11.6 Å². The Labute approximate surface area is 119 Å². The second kappa shape index (κ2) is 5.39. The average Bonchev–Trinajstić information content (AvgIpc) is 2.28. The molecule has 1 aromatic rings. The van der Waals surface area contributed by atoms with Gasteiger partial charge in [0.2, 0.25) is 0 Å². The van der Waals surface area contributed by atoms with Crippen molar-refractivity contribution in [1.29, 1.82) is 0 Å². The topological polar surface area (TPSA) is 29.3 Å². The van der Waals surface area contributed by atoms with Crippen molar-refractivity contribution in [1.82, 2.24) is 4.90 Å². The number of rotatable bonds is 1. The Morgan fingerprint density at radius 2 is 2.05 bits per heavy atom. The van der Waals surface area contributed by atoms with E-state index in [1.54, 1.807) is 6.07 Å². The summed E-state index contributed by atoms with van der Waals surface area (Å²) in [5, 5.41) is 0.469. The molecule has 0 amide bonds. The Bertz CT molecular complexity index is 456. The van der Waals surface area contributed by atoms with Crippen LogP contribution in [0.25, 0.3) is 0 Å². The number of benzene rings is 1. The van der Waals surface area contributed by atoms with Gasteiger partial charge in [0.05, 0.1) is 6.04 Å². The second-order valence-electron chi connectivity index (χ2n) is 6.28. The number of hydrogen-bond acceptors (Lipinski definition) is 2. The van der Waals surface area contributed by atoms with E-state index in [4.69, 9.17) is 17.3 Å². The van der Waals surface area contributed by atoms with Crippen LogP contribution in [0.5, 0.6) is 0 Å². The molecule has 2 N–H and O–H groups in total. The van der Waals surface area contributed by atoms with Crippen LogP contribution in [0.4, 0.5) is 4.39 Å². The van der Waals surface area contributed by atoms with Crippen molar-refractivity contribution in [3.8, 4) is 0 Å². The lowest BCUT2D eigenvalue weighted by Gasteiger charge is -2.47. The number of halogens is 2. The number of piperidine rings is 1. The molecule has 2 nitrogen and oxygen atoms in total. The second-order valence-corrected chi connectivity index (χ2v) is 6.69. The lowest BCUT2D eigenvalue weighted by molar-refractivity contribution is 0.0384. The van der Waals surface area contributed by atoms with E-state index >= 15 is 0 Å². The molecule has 1 aliphatic heterocycles. The van der Waals surface area contributed by atoms with Crippen LogP contribution in [0, 0.1) is 5.82 Å². The molecule has 0 bridgehead atoms.